The average Bonchev–Trinajstić information content (AvgIpc) is 3.66. The number of thiophene rings is 1. The maximum absolute atomic E-state index is 13.8. The number of carbonyl (C=O) groups excluding carboxylic acids is 1. The minimum atomic E-state index is -0.635. The van der Waals surface area contributed by atoms with Gasteiger partial charge in [0.15, 0.2) is 4.80 Å². The van der Waals surface area contributed by atoms with E-state index in [0.717, 1.165) is 11.3 Å². The van der Waals surface area contributed by atoms with E-state index in [-0.39, 0.29) is 17.9 Å². The van der Waals surface area contributed by atoms with Crippen molar-refractivity contribution in [3.8, 4) is 11.3 Å². The maximum Gasteiger partial charge on any atom is 0.338 e. The second-order valence-corrected chi connectivity index (χ2v) is 10.8. The molecule has 0 fully saturated rings. The standard InChI is InChI=1S/C28H25N3O6S2/c1-4-8-19-24(27(33)36-5-2)25(22-11-7-14-38-22)30-26(32)23(39-28(30)29-19)15-17-12-13-21(37-17)18-9-6-10-20(16(18)3)31(34)35/h6-7,9-15,25H,4-5,8H2,1-3H3/b23-15-/t25-/m0/s1. The van der Waals surface area contributed by atoms with Crippen LogP contribution in [0, 0.1) is 17.0 Å². The third kappa shape index (κ3) is 4.90. The predicted octanol–water partition coefficient (Wildman–Crippen LogP) is 5.12. The van der Waals surface area contributed by atoms with Gasteiger partial charge in [0.2, 0.25) is 0 Å². The highest BCUT2D eigenvalue weighted by Crippen LogP contribution is 2.35. The van der Waals surface area contributed by atoms with E-state index in [9.17, 15) is 19.7 Å². The smallest absolute Gasteiger partial charge is 0.338 e. The van der Waals surface area contributed by atoms with E-state index in [1.54, 1.807) is 48.8 Å². The van der Waals surface area contributed by atoms with Gasteiger partial charge in [-0.25, -0.2) is 9.79 Å². The summed E-state index contributed by atoms with van der Waals surface area (Å²) in [5, 5.41) is 13.3. The van der Waals surface area contributed by atoms with E-state index >= 15 is 0 Å². The van der Waals surface area contributed by atoms with Crippen LogP contribution in [0.3, 0.4) is 0 Å². The molecule has 0 radical (unpaired) electrons. The lowest BCUT2D eigenvalue weighted by molar-refractivity contribution is -0.385. The molecule has 0 saturated heterocycles. The summed E-state index contributed by atoms with van der Waals surface area (Å²) in [6.45, 7) is 5.65. The highest BCUT2D eigenvalue weighted by molar-refractivity contribution is 7.10. The fourth-order valence-electron chi connectivity index (χ4n) is 4.63. The number of hydrogen-bond acceptors (Lipinski definition) is 9. The SMILES string of the molecule is CCCC1=C(C(=O)OCC)[C@H](c2cccs2)n2c(s/c(=C\c3ccc(-c4cccc([N+](=O)[O-])c4C)o3)c2=O)=N1. The van der Waals surface area contributed by atoms with Crippen molar-refractivity contribution in [1.29, 1.82) is 0 Å². The van der Waals surface area contributed by atoms with Crippen LogP contribution in [0.25, 0.3) is 17.4 Å². The van der Waals surface area contributed by atoms with Crippen LogP contribution < -0.4 is 14.9 Å². The summed E-state index contributed by atoms with van der Waals surface area (Å²) in [6.07, 6.45) is 2.99. The van der Waals surface area contributed by atoms with E-state index in [0.29, 0.717) is 49.7 Å². The third-order valence-electron chi connectivity index (χ3n) is 6.37. The number of hydrogen-bond donors (Lipinski definition) is 0. The molecule has 4 aromatic rings. The Kier molecular flexibility index (Phi) is 7.45. The monoisotopic (exact) mass is 563 g/mol. The Bertz CT molecular complexity index is 1780. The van der Waals surface area contributed by atoms with E-state index in [2.05, 4.69) is 0 Å². The molecule has 3 aromatic heterocycles. The number of nitrogens with zero attached hydrogens (tertiary/aromatic N) is 3. The number of carbonyl (C=O) groups is 1. The molecule has 1 aliphatic rings. The first kappa shape index (κ1) is 26.5. The minimum absolute atomic E-state index is 0.00706. The van der Waals surface area contributed by atoms with E-state index in [1.165, 1.54) is 28.7 Å². The fourth-order valence-corrected chi connectivity index (χ4v) is 6.45. The highest BCUT2D eigenvalue weighted by atomic mass is 32.1. The minimum Gasteiger partial charge on any atom is -0.463 e. The van der Waals surface area contributed by atoms with Gasteiger partial charge in [-0.3, -0.25) is 19.5 Å². The molecule has 1 atom stereocenters. The second-order valence-electron chi connectivity index (χ2n) is 8.84. The Morgan fingerprint density at radius 2 is 2.05 bits per heavy atom. The molecule has 0 aliphatic carbocycles. The molecule has 9 nitrogen and oxygen atoms in total. The Hall–Kier alpha value is -4.09. The molecule has 0 unspecified atom stereocenters. The number of nitro groups is 1. The van der Waals surface area contributed by atoms with Gasteiger partial charge in [-0.05, 0) is 43.8 Å². The Labute approximate surface area is 231 Å². The van der Waals surface area contributed by atoms with Crippen LogP contribution in [0.4, 0.5) is 5.69 Å². The average molecular weight is 564 g/mol. The van der Waals surface area contributed by atoms with Crippen molar-refractivity contribution in [3.05, 3.63) is 105 Å². The number of fused-ring (bicyclic) bond motifs is 1. The number of furan rings is 1. The van der Waals surface area contributed by atoms with Crippen LogP contribution in [0.5, 0.6) is 0 Å². The zero-order valence-electron chi connectivity index (χ0n) is 21.5. The first-order chi connectivity index (χ1) is 18.8. The zero-order chi connectivity index (χ0) is 27.7. The molecule has 5 rings (SSSR count). The molecule has 1 aromatic carbocycles. The van der Waals surface area contributed by atoms with Crippen molar-refractivity contribution in [2.75, 3.05) is 6.61 Å². The normalized spacial score (nSPS) is 15.3. The first-order valence-corrected chi connectivity index (χ1v) is 14.1. The lowest BCUT2D eigenvalue weighted by Crippen LogP contribution is -2.39. The summed E-state index contributed by atoms with van der Waals surface area (Å²) < 4.78 is 13.3. The van der Waals surface area contributed by atoms with Crippen molar-refractivity contribution in [3.63, 3.8) is 0 Å². The van der Waals surface area contributed by atoms with Gasteiger partial charge in [-0.1, -0.05) is 42.9 Å². The molecular weight excluding hydrogens is 538 g/mol. The van der Waals surface area contributed by atoms with Gasteiger partial charge in [-0.15, -0.1) is 11.3 Å². The van der Waals surface area contributed by atoms with Crippen molar-refractivity contribution < 1.29 is 18.9 Å². The summed E-state index contributed by atoms with van der Waals surface area (Å²) in [7, 11) is 0. The summed E-state index contributed by atoms with van der Waals surface area (Å²) in [6, 6.07) is 11.4. The van der Waals surface area contributed by atoms with Crippen LogP contribution >= 0.6 is 22.7 Å². The molecule has 0 amide bonds. The Morgan fingerprint density at radius 1 is 1.23 bits per heavy atom. The lowest BCUT2D eigenvalue weighted by atomic mass is 9.99. The molecule has 0 spiro atoms. The van der Waals surface area contributed by atoms with Gasteiger partial charge in [0.25, 0.3) is 11.2 Å². The van der Waals surface area contributed by atoms with Gasteiger partial charge in [0.1, 0.15) is 17.6 Å². The van der Waals surface area contributed by atoms with E-state index < -0.39 is 16.9 Å². The summed E-state index contributed by atoms with van der Waals surface area (Å²) in [5.74, 6) is 0.411. The van der Waals surface area contributed by atoms with Crippen LogP contribution in [0.1, 0.15) is 48.9 Å². The van der Waals surface area contributed by atoms with Gasteiger partial charge in [0.05, 0.1) is 27.3 Å². The molecule has 11 heteroatoms. The molecule has 0 bridgehead atoms. The second kappa shape index (κ2) is 11.0. The topological polar surface area (TPSA) is 117 Å². The summed E-state index contributed by atoms with van der Waals surface area (Å²) >= 11 is 2.69. The van der Waals surface area contributed by atoms with E-state index in [4.69, 9.17) is 14.1 Å². The Balaban J connectivity index is 1.63. The van der Waals surface area contributed by atoms with Gasteiger partial charge < -0.3 is 9.15 Å². The molecule has 4 heterocycles. The fraction of sp³-hybridized carbons (Fsp3) is 0.250. The van der Waals surface area contributed by atoms with Crippen molar-refractivity contribution in [2.24, 2.45) is 4.99 Å². The van der Waals surface area contributed by atoms with Gasteiger partial charge >= 0.3 is 5.97 Å². The number of ether oxygens (including phenoxy) is 1. The van der Waals surface area contributed by atoms with Gasteiger partial charge in [0, 0.05) is 28.1 Å². The molecule has 0 N–H and O–H groups in total. The molecule has 39 heavy (non-hydrogen) atoms. The number of allylic oxidation sites excluding steroid dienone is 1. The summed E-state index contributed by atoms with van der Waals surface area (Å²) in [4.78, 5) is 43.9. The van der Waals surface area contributed by atoms with Crippen molar-refractivity contribution >= 4 is 40.4 Å². The van der Waals surface area contributed by atoms with Crippen LogP contribution in [-0.2, 0) is 9.53 Å². The van der Waals surface area contributed by atoms with E-state index in [1.807, 2.05) is 24.4 Å². The zero-order valence-corrected chi connectivity index (χ0v) is 23.1. The molecular formula is C28H25N3O6S2. The molecule has 1 aliphatic heterocycles. The Morgan fingerprint density at radius 3 is 2.74 bits per heavy atom. The van der Waals surface area contributed by atoms with Crippen LogP contribution in [0.15, 0.2) is 73.3 Å². The number of thiazole rings is 1. The van der Waals surface area contributed by atoms with Crippen LogP contribution in [-0.4, -0.2) is 22.1 Å². The quantitative estimate of drug-likeness (QED) is 0.167. The predicted molar refractivity (Wildman–Crippen MR) is 149 cm³/mol. The number of benzene rings is 1. The lowest BCUT2D eigenvalue weighted by Gasteiger charge is -2.24. The number of nitro benzene ring substituents is 1. The number of rotatable bonds is 8. The van der Waals surface area contributed by atoms with Crippen LogP contribution in [0.2, 0.25) is 0 Å². The number of esters is 1. The molecule has 200 valence electrons. The van der Waals surface area contributed by atoms with Gasteiger partial charge in [-0.2, -0.15) is 0 Å². The van der Waals surface area contributed by atoms with Crippen molar-refractivity contribution in [2.45, 2.75) is 39.7 Å². The largest absolute Gasteiger partial charge is 0.463 e. The first-order valence-electron chi connectivity index (χ1n) is 12.4. The van der Waals surface area contributed by atoms with Crippen molar-refractivity contribution in [1.82, 2.24) is 4.57 Å². The number of aromatic nitrogens is 1. The summed E-state index contributed by atoms with van der Waals surface area (Å²) in [5.41, 5.74) is 1.83. The molecule has 0 saturated carbocycles. The highest BCUT2D eigenvalue weighted by Gasteiger charge is 2.34. The maximum atomic E-state index is 13.8. The third-order valence-corrected chi connectivity index (χ3v) is 8.28.